The molecule has 0 aliphatic rings. The molecule has 3 aromatic rings. The summed E-state index contributed by atoms with van der Waals surface area (Å²) >= 11 is 0. The number of hydrogen-bond donors (Lipinski definition) is 1. The van der Waals surface area contributed by atoms with Gasteiger partial charge in [0.25, 0.3) is 5.56 Å². The van der Waals surface area contributed by atoms with Crippen molar-refractivity contribution in [2.75, 3.05) is 0 Å². The molecule has 0 amide bonds. The first-order valence-corrected chi connectivity index (χ1v) is 7.93. The van der Waals surface area contributed by atoms with E-state index in [1.807, 2.05) is 13.8 Å². The Morgan fingerprint density at radius 2 is 2.00 bits per heavy atom. The van der Waals surface area contributed by atoms with Crippen LogP contribution in [0.1, 0.15) is 41.6 Å². The summed E-state index contributed by atoms with van der Waals surface area (Å²) in [6.45, 7) is 3.67. The summed E-state index contributed by atoms with van der Waals surface area (Å²) in [6.07, 6.45) is 2.79. The second-order valence-corrected chi connectivity index (χ2v) is 6.13. The minimum absolute atomic E-state index is 0.0318. The Kier molecular flexibility index (Phi) is 4.41. The van der Waals surface area contributed by atoms with Crippen molar-refractivity contribution >= 4 is 17.1 Å². The zero-order chi connectivity index (χ0) is 19.0. The monoisotopic (exact) mass is 358 g/mol. The van der Waals surface area contributed by atoms with E-state index in [2.05, 4.69) is 19.9 Å². The van der Waals surface area contributed by atoms with Crippen molar-refractivity contribution in [3.8, 4) is 0 Å². The molecule has 0 spiro atoms. The maximum Gasteiger partial charge on any atom is 0.342 e. The average molecular weight is 358 g/mol. The number of aromatic amines is 1. The van der Waals surface area contributed by atoms with Crippen molar-refractivity contribution in [1.29, 1.82) is 0 Å². The first-order valence-electron chi connectivity index (χ1n) is 7.93. The van der Waals surface area contributed by atoms with Crippen molar-refractivity contribution in [3.63, 3.8) is 0 Å². The minimum Gasteiger partial charge on any atom is -0.454 e. The number of ether oxygens (including phenoxy) is 1. The number of hydrogen-bond acceptors (Lipinski definition) is 7. The van der Waals surface area contributed by atoms with Crippen LogP contribution in [0, 0.1) is 0 Å². The highest BCUT2D eigenvalue weighted by Crippen LogP contribution is 2.17. The molecule has 10 heteroatoms. The van der Waals surface area contributed by atoms with Crippen LogP contribution in [0.4, 0.5) is 0 Å². The van der Waals surface area contributed by atoms with Crippen LogP contribution in [0.15, 0.2) is 22.1 Å². The Morgan fingerprint density at radius 1 is 1.27 bits per heavy atom. The molecule has 3 heterocycles. The Labute approximate surface area is 147 Å². The van der Waals surface area contributed by atoms with Gasteiger partial charge in [0, 0.05) is 20.3 Å². The van der Waals surface area contributed by atoms with Crippen LogP contribution >= 0.6 is 0 Å². The third-order valence-electron chi connectivity index (χ3n) is 4.07. The molecular formula is C16H18N6O4. The summed E-state index contributed by atoms with van der Waals surface area (Å²) in [4.78, 5) is 50.6. The summed E-state index contributed by atoms with van der Waals surface area (Å²) < 4.78 is 8.04. The molecule has 0 bridgehead atoms. The number of carbonyl (C=O) groups excluding carboxylic acids is 1. The molecule has 3 rings (SSSR count). The molecule has 0 fully saturated rings. The SMILES string of the molecule is CC(C)c1ncncc1C(=O)OCc1nc2c(c(=O)[nH]c(=O)n2C)n1C. The predicted molar refractivity (Wildman–Crippen MR) is 91.8 cm³/mol. The number of fused-ring (bicyclic) bond motifs is 1. The smallest absolute Gasteiger partial charge is 0.342 e. The standard InChI is InChI=1S/C16H18N6O4/c1-8(2)11-9(5-17-7-18-11)15(24)26-6-10-19-13-12(21(10)3)14(23)20-16(25)22(13)4/h5,7-8H,6H2,1-4H3,(H,20,23,25). The van der Waals surface area contributed by atoms with Gasteiger partial charge in [0.05, 0.1) is 11.3 Å². The van der Waals surface area contributed by atoms with Crippen LogP contribution in [0.25, 0.3) is 11.2 Å². The van der Waals surface area contributed by atoms with E-state index in [0.717, 1.165) is 0 Å². The van der Waals surface area contributed by atoms with E-state index in [0.29, 0.717) is 11.5 Å². The van der Waals surface area contributed by atoms with E-state index in [9.17, 15) is 14.4 Å². The van der Waals surface area contributed by atoms with Gasteiger partial charge in [-0.1, -0.05) is 13.8 Å². The van der Waals surface area contributed by atoms with E-state index in [1.165, 1.54) is 28.7 Å². The van der Waals surface area contributed by atoms with Gasteiger partial charge in [-0.25, -0.2) is 24.5 Å². The number of aryl methyl sites for hydroxylation is 2. The quantitative estimate of drug-likeness (QED) is 0.662. The molecule has 0 aromatic carbocycles. The molecule has 0 saturated carbocycles. The largest absolute Gasteiger partial charge is 0.454 e. The van der Waals surface area contributed by atoms with Gasteiger partial charge in [-0.15, -0.1) is 0 Å². The van der Waals surface area contributed by atoms with E-state index in [1.54, 1.807) is 7.05 Å². The van der Waals surface area contributed by atoms with Crippen molar-refractivity contribution < 1.29 is 9.53 Å². The second-order valence-electron chi connectivity index (χ2n) is 6.13. The number of aromatic nitrogens is 6. The fraction of sp³-hybridized carbons (Fsp3) is 0.375. The van der Waals surface area contributed by atoms with Crippen molar-refractivity contribution in [2.45, 2.75) is 26.4 Å². The molecule has 0 atom stereocenters. The second kappa shape index (κ2) is 6.54. The summed E-state index contributed by atoms with van der Waals surface area (Å²) in [6, 6.07) is 0. The third kappa shape index (κ3) is 2.89. The highest BCUT2D eigenvalue weighted by Gasteiger charge is 2.19. The third-order valence-corrected chi connectivity index (χ3v) is 4.07. The van der Waals surface area contributed by atoms with Crippen LogP contribution in [-0.2, 0) is 25.4 Å². The van der Waals surface area contributed by atoms with Crippen molar-refractivity contribution in [3.05, 3.63) is 50.4 Å². The maximum absolute atomic E-state index is 12.4. The molecule has 0 unspecified atom stereocenters. The predicted octanol–water partition coefficient (Wildman–Crippen LogP) is 0.231. The minimum atomic E-state index is -0.579. The van der Waals surface area contributed by atoms with Crippen LogP contribution in [0.2, 0.25) is 0 Å². The lowest BCUT2D eigenvalue weighted by Gasteiger charge is -2.10. The van der Waals surface area contributed by atoms with Crippen LogP contribution in [-0.4, -0.2) is 35.0 Å². The van der Waals surface area contributed by atoms with E-state index in [4.69, 9.17) is 4.74 Å². The lowest BCUT2D eigenvalue weighted by atomic mass is 10.1. The van der Waals surface area contributed by atoms with Gasteiger partial charge in [0.1, 0.15) is 18.8 Å². The first kappa shape index (κ1) is 17.5. The molecule has 136 valence electrons. The Hall–Kier alpha value is -3.30. The molecule has 0 aliphatic carbocycles. The lowest BCUT2D eigenvalue weighted by molar-refractivity contribution is 0.0456. The number of carbonyl (C=O) groups is 1. The highest BCUT2D eigenvalue weighted by molar-refractivity contribution is 5.90. The molecule has 1 N–H and O–H groups in total. The van der Waals surface area contributed by atoms with Crippen LogP contribution in [0.5, 0.6) is 0 Å². The lowest BCUT2D eigenvalue weighted by Crippen LogP contribution is -2.29. The Balaban J connectivity index is 1.92. The summed E-state index contributed by atoms with van der Waals surface area (Å²) in [7, 11) is 3.11. The highest BCUT2D eigenvalue weighted by atomic mass is 16.5. The number of esters is 1. The van der Waals surface area contributed by atoms with Crippen LogP contribution < -0.4 is 11.2 Å². The summed E-state index contributed by atoms with van der Waals surface area (Å²) in [5.74, 6) is -0.212. The topological polar surface area (TPSA) is 125 Å². The van der Waals surface area contributed by atoms with Gasteiger partial charge >= 0.3 is 11.7 Å². The van der Waals surface area contributed by atoms with Gasteiger partial charge in [0.2, 0.25) is 0 Å². The number of nitrogens with zero attached hydrogens (tertiary/aromatic N) is 5. The first-order chi connectivity index (χ1) is 12.3. The molecule has 10 nitrogen and oxygen atoms in total. The molecule has 0 aliphatic heterocycles. The summed E-state index contributed by atoms with van der Waals surface area (Å²) in [5.41, 5.74) is 0.212. The normalized spacial score (nSPS) is 11.3. The zero-order valence-electron chi connectivity index (χ0n) is 14.8. The van der Waals surface area contributed by atoms with Crippen LogP contribution in [0.3, 0.4) is 0 Å². The molecule has 0 radical (unpaired) electrons. The molecular weight excluding hydrogens is 340 g/mol. The number of rotatable bonds is 4. The summed E-state index contributed by atoms with van der Waals surface area (Å²) in [5, 5.41) is 0. The van der Waals surface area contributed by atoms with E-state index < -0.39 is 17.2 Å². The number of H-pyrrole nitrogens is 1. The number of nitrogens with one attached hydrogen (secondary N) is 1. The van der Waals surface area contributed by atoms with E-state index in [-0.39, 0.29) is 29.3 Å². The van der Waals surface area contributed by atoms with Gasteiger partial charge in [-0.3, -0.25) is 14.3 Å². The van der Waals surface area contributed by atoms with Gasteiger partial charge < -0.3 is 9.30 Å². The fourth-order valence-corrected chi connectivity index (χ4v) is 2.65. The molecule has 0 saturated heterocycles. The molecule has 3 aromatic heterocycles. The fourth-order valence-electron chi connectivity index (χ4n) is 2.65. The van der Waals surface area contributed by atoms with Crippen molar-refractivity contribution in [2.24, 2.45) is 14.1 Å². The number of imidazole rings is 1. The zero-order valence-corrected chi connectivity index (χ0v) is 14.8. The van der Waals surface area contributed by atoms with E-state index >= 15 is 0 Å². The maximum atomic E-state index is 12.4. The van der Waals surface area contributed by atoms with Gasteiger partial charge in [-0.2, -0.15) is 0 Å². The Bertz CT molecular complexity index is 1110. The average Bonchev–Trinajstić information content (AvgIpc) is 2.95. The van der Waals surface area contributed by atoms with Gasteiger partial charge in [-0.05, 0) is 5.92 Å². The van der Waals surface area contributed by atoms with Crippen molar-refractivity contribution in [1.82, 2.24) is 29.1 Å². The van der Waals surface area contributed by atoms with Gasteiger partial charge in [0.15, 0.2) is 11.2 Å². The Morgan fingerprint density at radius 3 is 2.69 bits per heavy atom. The molecule has 26 heavy (non-hydrogen) atoms.